The summed E-state index contributed by atoms with van der Waals surface area (Å²) in [5, 5.41) is 11.1. The Hall–Kier alpha value is -3.15. The van der Waals surface area contributed by atoms with E-state index < -0.39 is 21.7 Å². The van der Waals surface area contributed by atoms with Crippen molar-refractivity contribution in [2.45, 2.75) is 37.1 Å². The lowest BCUT2D eigenvalue weighted by Gasteiger charge is -2.14. The minimum Gasteiger partial charge on any atom is -0.322 e. The van der Waals surface area contributed by atoms with E-state index in [1.165, 1.54) is 56.6 Å². The molecule has 1 N–H and O–H groups in total. The van der Waals surface area contributed by atoms with Gasteiger partial charge in [-0.15, -0.1) is 10.2 Å². The molecule has 0 aliphatic carbocycles. The van der Waals surface area contributed by atoms with Gasteiger partial charge in [0.2, 0.25) is 0 Å². The number of carbonyl (C=O) groups is 1. The molecule has 2 aromatic carbocycles. The standard InChI is InChI=1S/C22H24FN5O4S/c1-27(32-2)33(30,31)17-10-7-15(8-11-17)22(29)24-16-9-12-19(23)18(14-16)21-26-25-20-6-4-3-5-13-28(20)21/h7-12,14H,3-6,13H2,1-2H3,(H,24,29). The summed E-state index contributed by atoms with van der Waals surface area (Å²) in [5.74, 6) is 0.365. The van der Waals surface area contributed by atoms with E-state index in [0.29, 0.717) is 11.5 Å². The van der Waals surface area contributed by atoms with Crippen LogP contribution in [0.5, 0.6) is 0 Å². The van der Waals surface area contributed by atoms with Crippen LogP contribution in [0.2, 0.25) is 0 Å². The van der Waals surface area contributed by atoms with Crippen molar-refractivity contribution in [1.82, 2.24) is 19.2 Å². The summed E-state index contributed by atoms with van der Waals surface area (Å²) in [6.07, 6.45) is 3.89. The summed E-state index contributed by atoms with van der Waals surface area (Å²) < 4.78 is 41.9. The largest absolute Gasteiger partial charge is 0.322 e. The summed E-state index contributed by atoms with van der Waals surface area (Å²) in [6.45, 7) is 0.723. The van der Waals surface area contributed by atoms with Gasteiger partial charge >= 0.3 is 0 Å². The van der Waals surface area contributed by atoms with Crippen molar-refractivity contribution in [3.63, 3.8) is 0 Å². The van der Waals surface area contributed by atoms with E-state index in [-0.39, 0.29) is 16.0 Å². The van der Waals surface area contributed by atoms with Crippen LogP contribution in [0.3, 0.4) is 0 Å². The predicted octanol–water partition coefficient (Wildman–Crippen LogP) is 3.24. The van der Waals surface area contributed by atoms with Crippen molar-refractivity contribution in [3.8, 4) is 11.4 Å². The number of aryl methyl sites for hydroxylation is 1. The molecule has 0 saturated carbocycles. The van der Waals surface area contributed by atoms with Gasteiger partial charge < -0.3 is 9.88 Å². The van der Waals surface area contributed by atoms with E-state index in [1.54, 1.807) is 0 Å². The molecule has 1 amide bonds. The van der Waals surface area contributed by atoms with Gasteiger partial charge in [-0.3, -0.25) is 9.63 Å². The number of halogens is 1. The summed E-state index contributed by atoms with van der Waals surface area (Å²) in [6, 6.07) is 9.70. The van der Waals surface area contributed by atoms with Crippen LogP contribution in [0, 0.1) is 5.82 Å². The fourth-order valence-corrected chi connectivity index (χ4v) is 4.66. The van der Waals surface area contributed by atoms with E-state index in [0.717, 1.165) is 42.5 Å². The first-order chi connectivity index (χ1) is 15.8. The fraction of sp³-hybridized carbons (Fsp3) is 0.318. The average Bonchev–Trinajstić information content (AvgIpc) is 3.07. The minimum atomic E-state index is -3.81. The van der Waals surface area contributed by atoms with Crippen LogP contribution >= 0.6 is 0 Å². The van der Waals surface area contributed by atoms with Gasteiger partial charge in [0.25, 0.3) is 15.9 Å². The number of hydroxylamine groups is 1. The van der Waals surface area contributed by atoms with Gasteiger partial charge in [0.1, 0.15) is 11.6 Å². The molecule has 0 radical (unpaired) electrons. The smallest absolute Gasteiger partial charge is 0.264 e. The Morgan fingerprint density at radius 3 is 2.61 bits per heavy atom. The molecule has 174 valence electrons. The number of nitrogens with one attached hydrogen (secondary N) is 1. The van der Waals surface area contributed by atoms with Gasteiger partial charge in [0.05, 0.1) is 17.6 Å². The fourth-order valence-electron chi connectivity index (χ4n) is 3.69. The topological polar surface area (TPSA) is 106 Å². The molecular formula is C22H24FN5O4S. The number of amides is 1. The summed E-state index contributed by atoms with van der Waals surface area (Å²) in [4.78, 5) is 17.4. The first kappa shape index (κ1) is 23.0. The number of benzene rings is 2. The number of rotatable bonds is 6. The number of nitrogens with zero attached hydrogens (tertiary/aromatic N) is 4. The molecule has 9 nitrogen and oxygen atoms in total. The van der Waals surface area contributed by atoms with Crippen molar-refractivity contribution in [3.05, 3.63) is 59.7 Å². The Labute approximate surface area is 191 Å². The van der Waals surface area contributed by atoms with Gasteiger partial charge in [-0.05, 0) is 55.3 Å². The van der Waals surface area contributed by atoms with E-state index in [9.17, 15) is 17.6 Å². The van der Waals surface area contributed by atoms with Gasteiger partial charge in [0, 0.05) is 31.3 Å². The molecule has 3 aromatic rings. The van der Waals surface area contributed by atoms with E-state index in [4.69, 9.17) is 4.84 Å². The highest BCUT2D eigenvalue weighted by molar-refractivity contribution is 7.89. The number of fused-ring (bicyclic) bond motifs is 1. The predicted molar refractivity (Wildman–Crippen MR) is 119 cm³/mol. The molecule has 1 aliphatic rings. The third kappa shape index (κ3) is 4.65. The second-order valence-electron chi connectivity index (χ2n) is 7.67. The lowest BCUT2D eigenvalue weighted by Crippen LogP contribution is -2.25. The second-order valence-corrected chi connectivity index (χ2v) is 9.61. The quantitative estimate of drug-likeness (QED) is 0.551. The minimum absolute atomic E-state index is 0.0139. The monoisotopic (exact) mass is 473 g/mol. The molecule has 1 aromatic heterocycles. The Kier molecular flexibility index (Phi) is 6.54. The molecule has 0 unspecified atom stereocenters. The van der Waals surface area contributed by atoms with E-state index >= 15 is 0 Å². The Morgan fingerprint density at radius 1 is 1.12 bits per heavy atom. The highest BCUT2D eigenvalue weighted by Gasteiger charge is 2.22. The average molecular weight is 474 g/mol. The first-order valence-corrected chi connectivity index (χ1v) is 11.9. The molecule has 0 saturated heterocycles. The first-order valence-electron chi connectivity index (χ1n) is 10.5. The number of hydrogen-bond donors (Lipinski definition) is 1. The summed E-state index contributed by atoms with van der Waals surface area (Å²) in [5.41, 5.74) is 0.895. The molecule has 33 heavy (non-hydrogen) atoms. The summed E-state index contributed by atoms with van der Waals surface area (Å²) in [7, 11) is -1.30. The van der Waals surface area contributed by atoms with Crippen LogP contribution in [0.15, 0.2) is 47.4 Å². The Balaban J connectivity index is 1.56. The molecule has 0 bridgehead atoms. The molecule has 0 atom stereocenters. The van der Waals surface area contributed by atoms with Gasteiger partial charge in [-0.2, -0.15) is 0 Å². The third-order valence-corrected chi connectivity index (χ3v) is 7.28. The third-order valence-electron chi connectivity index (χ3n) is 5.58. The van der Waals surface area contributed by atoms with Gasteiger partial charge in [-0.1, -0.05) is 10.9 Å². The van der Waals surface area contributed by atoms with Crippen LogP contribution in [0.25, 0.3) is 11.4 Å². The van der Waals surface area contributed by atoms with Crippen molar-refractivity contribution in [2.75, 3.05) is 19.5 Å². The number of aromatic nitrogens is 3. The molecule has 4 rings (SSSR count). The normalized spacial score (nSPS) is 14.1. The second kappa shape index (κ2) is 9.38. The molecule has 1 aliphatic heterocycles. The SMILES string of the molecule is CON(C)S(=O)(=O)c1ccc(C(=O)Nc2ccc(F)c(-c3nnc4n3CCCCC4)c2)cc1. The molecule has 0 fully saturated rings. The highest BCUT2D eigenvalue weighted by atomic mass is 32.2. The highest BCUT2D eigenvalue weighted by Crippen LogP contribution is 2.28. The van der Waals surface area contributed by atoms with Crippen LogP contribution in [-0.2, 0) is 27.8 Å². The van der Waals surface area contributed by atoms with Crippen LogP contribution < -0.4 is 5.32 Å². The molecule has 0 spiro atoms. The number of hydrogen-bond acceptors (Lipinski definition) is 6. The van der Waals surface area contributed by atoms with E-state index in [1.807, 2.05) is 4.57 Å². The number of carbonyl (C=O) groups excluding carboxylic acids is 1. The Bertz CT molecular complexity index is 1270. The zero-order valence-electron chi connectivity index (χ0n) is 18.3. The maximum atomic E-state index is 14.7. The number of sulfonamides is 1. The maximum Gasteiger partial charge on any atom is 0.264 e. The van der Waals surface area contributed by atoms with Crippen LogP contribution in [-0.4, -0.2) is 47.7 Å². The zero-order chi connectivity index (χ0) is 23.6. The molecule has 11 heteroatoms. The zero-order valence-corrected chi connectivity index (χ0v) is 19.1. The van der Waals surface area contributed by atoms with E-state index in [2.05, 4.69) is 15.5 Å². The van der Waals surface area contributed by atoms with Crippen molar-refractivity contribution in [2.24, 2.45) is 0 Å². The lowest BCUT2D eigenvalue weighted by molar-refractivity contribution is -0.0258. The van der Waals surface area contributed by atoms with Crippen molar-refractivity contribution < 1.29 is 22.4 Å². The maximum absolute atomic E-state index is 14.7. The van der Waals surface area contributed by atoms with Crippen LogP contribution in [0.4, 0.5) is 10.1 Å². The molecular weight excluding hydrogens is 449 g/mol. The van der Waals surface area contributed by atoms with Gasteiger partial charge in [-0.25, -0.2) is 12.8 Å². The van der Waals surface area contributed by atoms with Crippen molar-refractivity contribution in [1.29, 1.82) is 0 Å². The van der Waals surface area contributed by atoms with Crippen molar-refractivity contribution >= 4 is 21.6 Å². The summed E-state index contributed by atoms with van der Waals surface area (Å²) >= 11 is 0. The van der Waals surface area contributed by atoms with Crippen LogP contribution in [0.1, 0.15) is 35.4 Å². The van der Waals surface area contributed by atoms with Gasteiger partial charge in [0.15, 0.2) is 5.82 Å². The number of anilines is 1. The molecule has 2 heterocycles. The Morgan fingerprint density at radius 2 is 1.88 bits per heavy atom. The lowest BCUT2D eigenvalue weighted by atomic mass is 10.1.